The van der Waals surface area contributed by atoms with Gasteiger partial charge in [0.25, 0.3) is 5.67 Å². The molecule has 1 saturated carbocycles. The molecule has 148 valence electrons. The van der Waals surface area contributed by atoms with Gasteiger partial charge in [-0.3, -0.25) is 4.79 Å². The number of hydrogen-bond donors (Lipinski definition) is 0. The third kappa shape index (κ3) is 2.51. The third-order valence-corrected chi connectivity index (χ3v) is 4.52. The van der Waals surface area contributed by atoms with Crippen LogP contribution in [0.4, 0.5) is 48.3 Å². The van der Waals surface area contributed by atoms with Gasteiger partial charge in [-0.1, -0.05) is 22.6 Å². The van der Waals surface area contributed by atoms with Crippen LogP contribution in [-0.4, -0.2) is 51.8 Å². The Morgan fingerprint density at radius 1 is 0.800 bits per heavy atom. The van der Waals surface area contributed by atoms with E-state index in [2.05, 4.69) is 4.74 Å². The summed E-state index contributed by atoms with van der Waals surface area (Å²) in [7, 11) is 0. The van der Waals surface area contributed by atoms with Crippen LogP contribution < -0.4 is 0 Å². The molecule has 1 fully saturated rings. The maximum absolute atomic E-state index is 14.3. The molecule has 0 aliphatic heterocycles. The Kier molecular flexibility index (Phi) is 5.37. The average Bonchev–Trinajstić information content (AvgIpc) is 2.44. The monoisotopic (exact) mass is 508 g/mol. The van der Waals surface area contributed by atoms with Crippen LogP contribution in [0.1, 0.15) is 13.3 Å². The van der Waals surface area contributed by atoms with E-state index >= 15 is 0 Å². The average molecular weight is 508 g/mol. The molecule has 0 aromatic carbocycles. The Labute approximate surface area is 146 Å². The first kappa shape index (κ1) is 22.5. The molecule has 1 atom stereocenters. The molecule has 0 amide bonds. The predicted molar refractivity (Wildman–Crippen MR) is 67.6 cm³/mol. The van der Waals surface area contributed by atoms with Crippen molar-refractivity contribution in [1.29, 1.82) is 0 Å². The molecular formula is C11H8F11IO2. The van der Waals surface area contributed by atoms with E-state index < -0.39 is 58.2 Å². The van der Waals surface area contributed by atoms with Crippen molar-refractivity contribution in [2.24, 2.45) is 0 Å². The zero-order valence-electron chi connectivity index (χ0n) is 11.8. The number of carbonyl (C=O) groups excluding carboxylic acids is 1. The van der Waals surface area contributed by atoms with Crippen molar-refractivity contribution in [2.45, 2.75) is 52.6 Å². The van der Waals surface area contributed by atoms with E-state index in [0.29, 0.717) is 22.6 Å². The van der Waals surface area contributed by atoms with E-state index in [1.807, 2.05) is 0 Å². The highest BCUT2D eigenvalue weighted by Gasteiger charge is 3.00. The zero-order chi connectivity index (χ0) is 20.3. The summed E-state index contributed by atoms with van der Waals surface area (Å²) < 4.78 is 149. The lowest BCUT2D eigenvalue weighted by atomic mass is 9.70. The van der Waals surface area contributed by atoms with Crippen molar-refractivity contribution >= 4 is 28.6 Å². The van der Waals surface area contributed by atoms with E-state index in [4.69, 9.17) is 0 Å². The quantitative estimate of drug-likeness (QED) is 0.240. The summed E-state index contributed by atoms with van der Waals surface area (Å²) in [5, 5.41) is 0. The number of rotatable bonds is 4. The molecule has 1 aliphatic rings. The van der Waals surface area contributed by atoms with Crippen molar-refractivity contribution in [1.82, 2.24) is 0 Å². The van der Waals surface area contributed by atoms with Gasteiger partial charge in [0.05, 0.1) is 6.61 Å². The van der Waals surface area contributed by atoms with Crippen molar-refractivity contribution in [2.75, 3.05) is 6.61 Å². The van der Waals surface area contributed by atoms with Crippen LogP contribution in [0.3, 0.4) is 0 Å². The Hall–Kier alpha value is -0.570. The van der Waals surface area contributed by atoms with Crippen LogP contribution in [0.25, 0.3) is 0 Å². The number of halogens is 12. The van der Waals surface area contributed by atoms with Crippen LogP contribution in [0, 0.1) is 0 Å². The molecule has 0 N–H and O–H groups in total. The standard InChI is InChI=1S/C11H8F11IO2/c1-2-25-5(24)4(23)3-6(12)7(13,14)9(17,18)11(21,22)10(19,20)8(6,15)16/h4H,2-3H2,1H3. The molecule has 0 spiro atoms. The molecule has 1 rings (SSSR count). The van der Waals surface area contributed by atoms with Gasteiger partial charge in [0.15, 0.2) is 0 Å². The van der Waals surface area contributed by atoms with E-state index in [9.17, 15) is 53.1 Å². The predicted octanol–water partition coefficient (Wildman–Crippen LogP) is 4.64. The second-order valence-electron chi connectivity index (χ2n) is 5.10. The topological polar surface area (TPSA) is 26.3 Å². The Bertz CT molecular complexity index is 518. The number of ether oxygens (including phenoxy) is 1. The largest absolute Gasteiger partial charge is 0.465 e. The van der Waals surface area contributed by atoms with E-state index in [1.165, 1.54) is 0 Å². The van der Waals surface area contributed by atoms with Gasteiger partial charge in [-0.05, 0) is 6.92 Å². The molecule has 25 heavy (non-hydrogen) atoms. The summed E-state index contributed by atoms with van der Waals surface area (Å²) in [6, 6.07) is 0. The maximum atomic E-state index is 14.3. The lowest BCUT2D eigenvalue weighted by Crippen LogP contribution is -2.84. The number of carbonyl (C=O) groups is 1. The van der Waals surface area contributed by atoms with Crippen molar-refractivity contribution in [3.8, 4) is 0 Å². The Morgan fingerprint density at radius 2 is 1.12 bits per heavy atom. The number of hydrogen-bond acceptors (Lipinski definition) is 2. The molecule has 0 saturated heterocycles. The molecule has 0 radical (unpaired) electrons. The molecule has 14 heteroatoms. The van der Waals surface area contributed by atoms with Gasteiger partial charge in [0.1, 0.15) is 3.92 Å². The van der Waals surface area contributed by atoms with Gasteiger partial charge in [-0.25, -0.2) is 4.39 Å². The fourth-order valence-electron chi connectivity index (χ4n) is 2.11. The Balaban J connectivity index is 3.58. The summed E-state index contributed by atoms with van der Waals surface area (Å²) in [6.45, 7) is 0.688. The van der Waals surface area contributed by atoms with Crippen LogP contribution >= 0.6 is 22.6 Å². The molecule has 1 aliphatic carbocycles. The van der Waals surface area contributed by atoms with E-state index in [-0.39, 0.29) is 0 Å². The highest BCUT2D eigenvalue weighted by atomic mass is 127. The molecule has 2 nitrogen and oxygen atoms in total. The summed E-state index contributed by atoms with van der Waals surface area (Å²) in [5.41, 5.74) is -6.16. The molecule has 1 unspecified atom stereocenters. The van der Waals surface area contributed by atoms with Gasteiger partial charge < -0.3 is 4.74 Å². The van der Waals surface area contributed by atoms with Gasteiger partial charge in [-0.15, -0.1) is 0 Å². The smallest absolute Gasteiger partial charge is 0.384 e. The lowest BCUT2D eigenvalue weighted by Gasteiger charge is -2.52. The second-order valence-corrected chi connectivity index (χ2v) is 6.60. The third-order valence-electron chi connectivity index (χ3n) is 3.58. The van der Waals surface area contributed by atoms with Crippen molar-refractivity contribution < 1.29 is 57.8 Å². The minimum Gasteiger partial charge on any atom is -0.465 e. The minimum atomic E-state index is -7.26. The second kappa shape index (κ2) is 5.97. The first-order valence-corrected chi connectivity index (χ1v) is 7.50. The molecule has 0 aromatic rings. The highest BCUT2D eigenvalue weighted by Crippen LogP contribution is 2.70. The normalized spacial score (nSPS) is 28.8. The first-order valence-electron chi connectivity index (χ1n) is 6.25. The highest BCUT2D eigenvalue weighted by molar-refractivity contribution is 14.1. The molecule has 0 bridgehead atoms. The van der Waals surface area contributed by atoms with Crippen molar-refractivity contribution in [3.63, 3.8) is 0 Å². The van der Waals surface area contributed by atoms with E-state index in [0.717, 1.165) is 6.92 Å². The maximum Gasteiger partial charge on any atom is 0.384 e. The molecular weight excluding hydrogens is 500 g/mol. The SMILES string of the molecule is CCOC(=O)C(I)CC1(F)C(F)(F)C(F)(F)C(F)(F)C(F)(F)C1(F)F. The van der Waals surface area contributed by atoms with Crippen LogP contribution in [0.2, 0.25) is 0 Å². The fourth-order valence-corrected chi connectivity index (χ4v) is 2.89. The number of alkyl halides is 12. The summed E-state index contributed by atoms with van der Waals surface area (Å²) in [6.07, 6.45) is -2.62. The zero-order valence-corrected chi connectivity index (χ0v) is 14.0. The number of esters is 1. The van der Waals surface area contributed by atoms with Crippen LogP contribution in [0.5, 0.6) is 0 Å². The Morgan fingerprint density at radius 3 is 1.44 bits per heavy atom. The summed E-state index contributed by atoms with van der Waals surface area (Å²) >= 11 is 0.711. The first-order chi connectivity index (χ1) is 10.9. The summed E-state index contributed by atoms with van der Waals surface area (Å²) in [5.74, 6) is -37.1. The van der Waals surface area contributed by atoms with Gasteiger partial charge in [0, 0.05) is 6.42 Å². The van der Waals surface area contributed by atoms with Crippen molar-refractivity contribution in [3.05, 3.63) is 0 Å². The van der Waals surface area contributed by atoms with Crippen LogP contribution in [0.15, 0.2) is 0 Å². The van der Waals surface area contributed by atoms with Gasteiger partial charge in [0.2, 0.25) is 0 Å². The van der Waals surface area contributed by atoms with Gasteiger partial charge in [-0.2, -0.15) is 43.9 Å². The molecule has 0 heterocycles. The lowest BCUT2D eigenvalue weighted by molar-refractivity contribution is -0.485. The van der Waals surface area contributed by atoms with Crippen LogP contribution in [-0.2, 0) is 9.53 Å². The van der Waals surface area contributed by atoms with Gasteiger partial charge >= 0.3 is 35.6 Å². The van der Waals surface area contributed by atoms with E-state index in [1.54, 1.807) is 0 Å². The summed E-state index contributed by atoms with van der Waals surface area (Å²) in [4.78, 5) is 11.2. The minimum absolute atomic E-state index is 0.463. The fraction of sp³-hybridized carbons (Fsp3) is 0.909. The molecule has 0 aromatic heterocycles.